The maximum Gasteiger partial charge on any atom is 0.408 e. The highest BCUT2D eigenvalue weighted by atomic mass is 16.6. The Hall–Kier alpha value is -2.12. The lowest BCUT2D eigenvalue weighted by molar-refractivity contribution is -0.124. The second-order valence-corrected chi connectivity index (χ2v) is 9.65. The summed E-state index contributed by atoms with van der Waals surface area (Å²) in [5.74, 6) is -0.172. The molecule has 1 aliphatic carbocycles. The average molecular weight is 432 g/mol. The van der Waals surface area contributed by atoms with Crippen LogP contribution in [0.25, 0.3) is 0 Å². The number of carbonyl (C=O) groups is 2. The molecule has 7 heteroatoms. The molecule has 2 N–H and O–H groups in total. The van der Waals surface area contributed by atoms with E-state index in [9.17, 15) is 9.59 Å². The van der Waals surface area contributed by atoms with Crippen molar-refractivity contribution in [3.63, 3.8) is 0 Å². The number of rotatable bonds is 5. The molecule has 0 spiro atoms. The number of hydrogen-bond acceptors (Lipinski definition) is 5. The first kappa shape index (κ1) is 23.5. The summed E-state index contributed by atoms with van der Waals surface area (Å²) in [7, 11) is 0. The van der Waals surface area contributed by atoms with Gasteiger partial charge in [-0.3, -0.25) is 9.69 Å². The fraction of sp³-hybridized carbons (Fsp3) is 0.667. The van der Waals surface area contributed by atoms with Crippen LogP contribution in [0.4, 0.5) is 4.79 Å². The number of hydrogen-bond donors (Lipinski definition) is 2. The minimum absolute atomic E-state index is 0.00729. The lowest BCUT2D eigenvalue weighted by Gasteiger charge is -2.50. The third-order valence-electron chi connectivity index (χ3n) is 6.21. The summed E-state index contributed by atoms with van der Waals surface area (Å²) in [6, 6.07) is 10.2. The number of carbonyl (C=O) groups excluding carboxylic acids is 2. The first-order valence-corrected chi connectivity index (χ1v) is 11.4. The lowest BCUT2D eigenvalue weighted by Crippen LogP contribution is -2.56. The quantitative estimate of drug-likeness (QED) is 0.749. The third-order valence-corrected chi connectivity index (χ3v) is 6.21. The minimum atomic E-state index is -0.644. The molecule has 2 amide bonds. The molecule has 0 radical (unpaired) electrons. The number of nitrogens with zero attached hydrogens (tertiary/aromatic N) is 1. The van der Waals surface area contributed by atoms with Gasteiger partial charge in [0.2, 0.25) is 5.91 Å². The fourth-order valence-corrected chi connectivity index (χ4v) is 4.64. The van der Waals surface area contributed by atoms with Crippen molar-refractivity contribution in [2.75, 3.05) is 26.3 Å². The van der Waals surface area contributed by atoms with Gasteiger partial charge >= 0.3 is 6.09 Å². The molecule has 1 aromatic rings. The van der Waals surface area contributed by atoms with Gasteiger partial charge in [-0.15, -0.1) is 0 Å². The van der Waals surface area contributed by atoms with Crippen LogP contribution in [0.15, 0.2) is 30.3 Å². The van der Waals surface area contributed by atoms with Crippen molar-refractivity contribution in [3.8, 4) is 0 Å². The molecular weight excluding hydrogens is 394 g/mol. The Bertz CT molecular complexity index is 733. The molecule has 1 aromatic carbocycles. The Balaban J connectivity index is 1.59. The van der Waals surface area contributed by atoms with Crippen LogP contribution in [-0.4, -0.2) is 60.9 Å². The number of nitrogens with one attached hydrogen (secondary N) is 2. The summed E-state index contributed by atoms with van der Waals surface area (Å²) in [5, 5.41) is 5.75. The molecule has 3 rings (SSSR count). The number of morpholine rings is 1. The van der Waals surface area contributed by atoms with Gasteiger partial charge < -0.3 is 20.1 Å². The van der Waals surface area contributed by atoms with Crippen LogP contribution in [-0.2, 0) is 19.8 Å². The lowest BCUT2D eigenvalue weighted by atomic mass is 9.73. The SMILES string of the molecule is CC(NC(=O)OC(C)(C)C)C(=O)NC1CCC(c2ccccc2)(N2CCOCC2)CC1. The van der Waals surface area contributed by atoms with Gasteiger partial charge in [-0.2, -0.15) is 0 Å². The van der Waals surface area contributed by atoms with Crippen molar-refractivity contribution in [2.45, 2.75) is 76.6 Å². The molecule has 1 aliphatic heterocycles. The van der Waals surface area contributed by atoms with Crippen molar-refractivity contribution in [2.24, 2.45) is 0 Å². The molecule has 1 saturated heterocycles. The molecule has 1 unspecified atom stereocenters. The molecule has 1 atom stereocenters. The fourth-order valence-electron chi connectivity index (χ4n) is 4.64. The Kier molecular flexibility index (Phi) is 7.59. The van der Waals surface area contributed by atoms with Crippen molar-refractivity contribution < 1.29 is 19.1 Å². The highest BCUT2D eigenvalue weighted by Crippen LogP contribution is 2.42. The van der Waals surface area contributed by atoms with Gasteiger partial charge in [-0.05, 0) is 58.9 Å². The molecule has 0 bridgehead atoms. The number of benzene rings is 1. The molecule has 1 heterocycles. The predicted molar refractivity (Wildman–Crippen MR) is 120 cm³/mol. The molecular formula is C24H37N3O4. The van der Waals surface area contributed by atoms with Crippen LogP contribution in [0, 0.1) is 0 Å². The van der Waals surface area contributed by atoms with E-state index in [1.165, 1.54) is 5.56 Å². The van der Waals surface area contributed by atoms with E-state index >= 15 is 0 Å². The van der Waals surface area contributed by atoms with Gasteiger partial charge in [-0.25, -0.2) is 4.79 Å². The van der Waals surface area contributed by atoms with Gasteiger partial charge in [-0.1, -0.05) is 30.3 Å². The van der Waals surface area contributed by atoms with Gasteiger partial charge in [0, 0.05) is 24.7 Å². The zero-order chi connectivity index (χ0) is 22.5. The van der Waals surface area contributed by atoms with Gasteiger partial charge in [0.15, 0.2) is 0 Å². The van der Waals surface area contributed by atoms with Crippen LogP contribution in [0.2, 0.25) is 0 Å². The monoisotopic (exact) mass is 431 g/mol. The Morgan fingerprint density at radius 1 is 1.13 bits per heavy atom. The Labute approximate surface area is 185 Å². The van der Waals surface area contributed by atoms with Crippen molar-refractivity contribution in [3.05, 3.63) is 35.9 Å². The van der Waals surface area contributed by atoms with Gasteiger partial charge in [0.1, 0.15) is 11.6 Å². The van der Waals surface area contributed by atoms with Crippen LogP contribution >= 0.6 is 0 Å². The molecule has 172 valence electrons. The van der Waals surface area contributed by atoms with E-state index in [1.54, 1.807) is 27.7 Å². The maximum absolute atomic E-state index is 12.6. The van der Waals surface area contributed by atoms with Crippen molar-refractivity contribution in [1.82, 2.24) is 15.5 Å². The zero-order valence-electron chi connectivity index (χ0n) is 19.3. The first-order valence-electron chi connectivity index (χ1n) is 11.4. The summed E-state index contributed by atoms with van der Waals surface area (Å²) in [6.45, 7) is 10.5. The topological polar surface area (TPSA) is 79.9 Å². The average Bonchev–Trinajstić information content (AvgIpc) is 2.74. The van der Waals surface area contributed by atoms with E-state index in [1.807, 2.05) is 0 Å². The number of amides is 2. The van der Waals surface area contributed by atoms with Crippen molar-refractivity contribution >= 4 is 12.0 Å². The van der Waals surface area contributed by atoms with Crippen molar-refractivity contribution in [1.29, 1.82) is 0 Å². The summed E-state index contributed by atoms with van der Waals surface area (Å²) in [6.07, 6.45) is 3.19. The van der Waals surface area contributed by atoms with E-state index in [2.05, 4.69) is 45.9 Å². The molecule has 0 aromatic heterocycles. The normalized spacial score (nSPS) is 26.0. The van der Waals surface area contributed by atoms with E-state index in [0.29, 0.717) is 0 Å². The highest BCUT2D eigenvalue weighted by molar-refractivity contribution is 5.85. The number of alkyl carbamates (subject to hydrolysis) is 1. The minimum Gasteiger partial charge on any atom is -0.444 e. The summed E-state index contributed by atoms with van der Waals surface area (Å²) in [4.78, 5) is 27.2. The highest BCUT2D eigenvalue weighted by Gasteiger charge is 2.42. The molecule has 2 fully saturated rings. The molecule has 7 nitrogen and oxygen atoms in total. The van der Waals surface area contributed by atoms with Crippen LogP contribution in [0.5, 0.6) is 0 Å². The molecule has 31 heavy (non-hydrogen) atoms. The van der Waals surface area contributed by atoms with E-state index in [0.717, 1.165) is 52.0 Å². The first-order chi connectivity index (χ1) is 14.7. The van der Waals surface area contributed by atoms with Gasteiger partial charge in [0.25, 0.3) is 0 Å². The smallest absolute Gasteiger partial charge is 0.408 e. The van der Waals surface area contributed by atoms with E-state index in [-0.39, 0.29) is 17.5 Å². The largest absolute Gasteiger partial charge is 0.444 e. The molecule has 2 aliphatic rings. The Morgan fingerprint density at radius 2 is 1.74 bits per heavy atom. The second kappa shape index (κ2) is 10.0. The van der Waals surface area contributed by atoms with E-state index in [4.69, 9.17) is 9.47 Å². The number of ether oxygens (including phenoxy) is 2. The van der Waals surface area contributed by atoms with E-state index < -0.39 is 17.7 Å². The van der Waals surface area contributed by atoms with Crippen LogP contribution in [0.3, 0.4) is 0 Å². The van der Waals surface area contributed by atoms with Crippen LogP contribution in [0.1, 0.15) is 58.9 Å². The zero-order valence-corrected chi connectivity index (χ0v) is 19.3. The molecule has 1 saturated carbocycles. The summed E-state index contributed by atoms with van der Waals surface area (Å²) >= 11 is 0. The van der Waals surface area contributed by atoms with Crippen LogP contribution < -0.4 is 10.6 Å². The summed E-state index contributed by atoms with van der Waals surface area (Å²) < 4.78 is 10.8. The standard InChI is InChI=1S/C24H37N3O4/c1-18(25-22(29)31-23(2,3)4)21(28)26-20-10-12-24(13-11-20,19-8-6-5-7-9-19)27-14-16-30-17-15-27/h5-9,18,20H,10-17H2,1-4H3,(H,25,29)(H,26,28). The summed E-state index contributed by atoms with van der Waals surface area (Å²) in [5.41, 5.74) is 0.748. The third kappa shape index (κ3) is 6.20. The maximum atomic E-state index is 12.6. The predicted octanol–water partition coefficient (Wildman–Crippen LogP) is 3.19. The second-order valence-electron chi connectivity index (χ2n) is 9.65. The Morgan fingerprint density at radius 3 is 2.32 bits per heavy atom. The van der Waals surface area contributed by atoms with Gasteiger partial charge in [0.05, 0.1) is 13.2 Å².